The third-order valence-electron chi connectivity index (χ3n) is 12.8. The fourth-order valence-electron chi connectivity index (χ4n) is 11.2. The molecule has 5 aliphatic rings. The maximum Gasteiger partial charge on any atom is 0.0490 e. The SMILES string of the molecule is C=C(C)[C@@H]1CCC2(CO)CC[C@]3(C)C(CCC4[C@@]5(C)CC=CC(C)(C)C5CC[C@]43C)C12. The molecular formula is C30H48O. The summed E-state index contributed by atoms with van der Waals surface area (Å²) in [6, 6.07) is 0. The first-order chi connectivity index (χ1) is 14.5. The third kappa shape index (κ3) is 2.65. The van der Waals surface area contributed by atoms with E-state index >= 15 is 0 Å². The number of hydrogen-bond acceptors (Lipinski definition) is 1. The molecule has 9 atom stereocenters. The van der Waals surface area contributed by atoms with Crippen LogP contribution >= 0.6 is 0 Å². The van der Waals surface area contributed by atoms with Crippen LogP contribution in [0.2, 0.25) is 0 Å². The van der Waals surface area contributed by atoms with E-state index in [4.69, 9.17) is 0 Å². The molecule has 1 nitrogen and oxygen atoms in total. The highest BCUT2D eigenvalue weighted by molar-refractivity contribution is 5.23. The lowest BCUT2D eigenvalue weighted by atomic mass is 9.33. The van der Waals surface area contributed by atoms with Crippen LogP contribution in [0.3, 0.4) is 0 Å². The van der Waals surface area contributed by atoms with Crippen molar-refractivity contribution in [2.45, 2.75) is 99.3 Å². The van der Waals surface area contributed by atoms with Gasteiger partial charge in [-0.2, -0.15) is 0 Å². The van der Waals surface area contributed by atoms with Crippen LogP contribution in [0.25, 0.3) is 0 Å². The number of hydrogen-bond donors (Lipinski definition) is 1. The van der Waals surface area contributed by atoms with E-state index in [2.05, 4.69) is 60.3 Å². The first kappa shape index (κ1) is 22.2. The van der Waals surface area contributed by atoms with Crippen LogP contribution in [0.4, 0.5) is 0 Å². The van der Waals surface area contributed by atoms with Crippen LogP contribution in [0.1, 0.15) is 99.3 Å². The molecule has 0 saturated heterocycles. The Morgan fingerprint density at radius 2 is 1.65 bits per heavy atom. The van der Waals surface area contributed by atoms with Crippen molar-refractivity contribution >= 4 is 0 Å². The van der Waals surface area contributed by atoms with Gasteiger partial charge in [0, 0.05) is 6.61 Å². The second-order valence-corrected chi connectivity index (χ2v) is 14.1. The standard InChI is InChI=1S/C30H48O/c1-20(2)21-11-16-30(19-31)18-17-28(6)22(25(21)30)9-10-24-27(5)14-8-13-26(3,4)23(27)12-15-29(24,28)7/h8,13,21-25,31H,1,9-12,14-19H2,2-7H3/t21-,22?,23?,24?,25?,27-,28+,29+,30?/m0/s1. The van der Waals surface area contributed by atoms with Crippen LogP contribution in [-0.2, 0) is 0 Å². The lowest BCUT2D eigenvalue weighted by Gasteiger charge is -2.72. The summed E-state index contributed by atoms with van der Waals surface area (Å²) in [5, 5.41) is 10.6. The van der Waals surface area contributed by atoms with Gasteiger partial charge in [-0.05, 0) is 121 Å². The van der Waals surface area contributed by atoms with Crippen molar-refractivity contribution < 1.29 is 5.11 Å². The molecule has 0 heterocycles. The van der Waals surface area contributed by atoms with Crippen molar-refractivity contribution in [3.8, 4) is 0 Å². The average Bonchev–Trinajstić information content (AvgIpc) is 3.08. The van der Waals surface area contributed by atoms with Crippen LogP contribution in [0.15, 0.2) is 24.3 Å². The lowest BCUT2D eigenvalue weighted by Crippen LogP contribution is -2.65. The summed E-state index contributed by atoms with van der Waals surface area (Å²) in [4.78, 5) is 0. The van der Waals surface area contributed by atoms with Gasteiger partial charge in [0.2, 0.25) is 0 Å². The Hall–Kier alpha value is -0.560. The number of aliphatic hydroxyl groups excluding tert-OH is 1. The Labute approximate surface area is 192 Å². The summed E-state index contributed by atoms with van der Waals surface area (Å²) >= 11 is 0. The fraction of sp³-hybridized carbons (Fsp3) is 0.867. The Bertz CT molecular complexity index is 792. The number of allylic oxidation sites excluding steroid dienone is 3. The Balaban J connectivity index is 1.56. The van der Waals surface area contributed by atoms with Gasteiger partial charge in [-0.15, -0.1) is 0 Å². The molecular weight excluding hydrogens is 376 g/mol. The summed E-state index contributed by atoms with van der Waals surface area (Å²) in [6.45, 7) is 20.2. The maximum atomic E-state index is 10.6. The zero-order valence-corrected chi connectivity index (χ0v) is 21.3. The quantitative estimate of drug-likeness (QED) is 0.448. The van der Waals surface area contributed by atoms with E-state index in [0.717, 1.165) is 17.8 Å². The van der Waals surface area contributed by atoms with Gasteiger partial charge >= 0.3 is 0 Å². The van der Waals surface area contributed by atoms with E-state index in [-0.39, 0.29) is 5.41 Å². The second kappa shape index (κ2) is 6.74. The van der Waals surface area contributed by atoms with Crippen LogP contribution in [0, 0.1) is 56.7 Å². The predicted molar refractivity (Wildman–Crippen MR) is 131 cm³/mol. The van der Waals surface area contributed by atoms with Crippen molar-refractivity contribution in [1.82, 2.24) is 0 Å². The molecule has 0 radical (unpaired) electrons. The lowest BCUT2D eigenvalue weighted by molar-refractivity contribution is -0.229. The van der Waals surface area contributed by atoms with Gasteiger partial charge in [-0.3, -0.25) is 0 Å². The van der Waals surface area contributed by atoms with Crippen molar-refractivity contribution in [2.75, 3.05) is 6.61 Å². The van der Waals surface area contributed by atoms with E-state index in [1.165, 1.54) is 63.4 Å². The van der Waals surface area contributed by atoms with Gasteiger partial charge in [0.25, 0.3) is 0 Å². The summed E-state index contributed by atoms with van der Waals surface area (Å²) in [6.07, 6.45) is 16.9. The highest BCUT2D eigenvalue weighted by atomic mass is 16.3. The first-order valence-corrected chi connectivity index (χ1v) is 13.4. The predicted octanol–water partition coefficient (Wildman–Crippen LogP) is 7.80. The molecule has 31 heavy (non-hydrogen) atoms. The molecule has 4 saturated carbocycles. The molecule has 0 aromatic rings. The first-order valence-electron chi connectivity index (χ1n) is 13.4. The minimum absolute atomic E-state index is 0.174. The third-order valence-corrected chi connectivity index (χ3v) is 12.8. The molecule has 0 aromatic carbocycles. The van der Waals surface area contributed by atoms with E-state index in [1.54, 1.807) is 0 Å². The molecule has 1 N–H and O–H groups in total. The van der Waals surface area contributed by atoms with E-state index in [1.807, 2.05) is 0 Å². The van der Waals surface area contributed by atoms with Crippen molar-refractivity contribution in [3.05, 3.63) is 24.3 Å². The molecule has 0 spiro atoms. The number of aliphatic hydroxyl groups is 1. The minimum Gasteiger partial charge on any atom is -0.396 e. The van der Waals surface area contributed by atoms with E-state index in [0.29, 0.717) is 40.1 Å². The van der Waals surface area contributed by atoms with Gasteiger partial charge in [-0.25, -0.2) is 0 Å². The van der Waals surface area contributed by atoms with Crippen molar-refractivity contribution in [2.24, 2.45) is 56.7 Å². The molecule has 0 bridgehead atoms. The Morgan fingerprint density at radius 1 is 0.903 bits per heavy atom. The molecule has 5 unspecified atom stereocenters. The molecule has 5 aliphatic carbocycles. The molecule has 0 aromatic heterocycles. The van der Waals surface area contributed by atoms with Crippen molar-refractivity contribution in [1.29, 1.82) is 0 Å². The Morgan fingerprint density at radius 3 is 2.32 bits per heavy atom. The molecule has 4 fully saturated rings. The minimum atomic E-state index is 0.174. The van der Waals surface area contributed by atoms with E-state index in [9.17, 15) is 5.11 Å². The van der Waals surface area contributed by atoms with Crippen LogP contribution in [0.5, 0.6) is 0 Å². The topological polar surface area (TPSA) is 20.2 Å². The highest BCUT2D eigenvalue weighted by Gasteiger charge is 2.69. The Kier molecular flexibility index (Phi) is 4.84. The molecule has 0 aliphatic heterocycles. The summed E-state index contributed by atoms with van der Waals surface area (Å²) in [7, 11) is 0. The highest BCUT2D eigenvalue weighted by Crippen LogP contribution is 2.77. The summed E-state index contributed by atoms with van der Waals surface area (Å²) in [5.41, 5.74) is 3.15. The second-order valence-electron chi connectivity index (χ2n) is 14.1. The van der Waals surface area contributed by atoms with Gasteiger partial charge in [0.1, 0.15) is 0 Å². The van der Waals surface area contributed by atoms with Gasteiger partial charge < -0.3 is 5.11 Å². The largest absolute Gasteiger partial charge is 0.396 e. The average molecular weight is 425 g/mol. The normalized spacial score (nSPS) is 55.0. The molecule has 5 rings (SSSR count). The molecule has 1 heteroatoms. The van der Waals surface area contributed by atoms with Gasteiger partial charge in [0.05, 0.1) is 0 Å². The smallest absolute Gasteiger partial charge is 0.0490 e. The zero-order valence-electron chi connectivity index (χ0n) is 21.3. The summed E-state index contributed by atoms with van der Waals surface area (Å²) < 4.78 is 0. The fourth-order valence-corrected chi connectivity index (χ4v) is 11.2. The van der Waals surface area contributed by atoms with Crippen molar-refractivity contribution in [3.63, 3.8) is 0 Å². The van der Waals surface area contributed by atoms with E-state index < -0.39 is 0 Å². The van der Waals surface area contributed by atoms with Gasteiger partial charge in [-0.1, -0.05) is 58.9 Å². The van der Waals surface area contributed by atoms with Crippen LogP contribution < -0.4 is 0 Å². The van der Waals surface area contributed by atoms with Gasteiger partial charge in [0.15, 0.2) is 0 Å². The number of fused-ring (bicyclic) bond motifs is 7. The maximum absolute atomic E-state index is 10.6. The zero-order chi connectivity index (χ0) is 22.4. The number of rotatable bonds is 2. The molecule has 0 amide bonds. The molecule has 174 valence electrons. The summed E-state index contributed by atoms with van der Waals surface area (Å²) in [5.74, 6) is 3.68. The van der Waals surface area contributed by atoms with Crippen LogP contribution in [-0.4, -0.2) is 11.7 Å². The monoisotopic (exact) mass is 424 g/mol.